The third-order valence-corrected chi connectivity index (χ3v) is 5.38. The Morgan fingerprint density at radius 1 is 1.25 bits per heavy atom. The fourth-order valence-corrected chi connectivity index (χ4v) is 3.98. The molecule has 0 aliphatic heterocycles. The molecule has 28 heavy (non-hydrogen) atoms. The summed E-state index contributed by atoms with van der Waals surface area (Å²) in [6, 6.07) is 10.2. The summed E-state index contributed by atoms with van der Waals surface area (Å²) in [4.78, 5) is 20.5. The van der Waals surface area contributed by atoms with Gasteiger partial charge in [-0.2, -0.15) is 24.9 Å². The molecule has 0 aliphatic rings. The minimum Gasteiger partial charge on any atom is -0.484 e. The van der Waals surface area contributed by atoms with Crippen LogP contribution in [-0.4, -0.2) is 34.4 Å². The highest BCUT2D eigenvalue weighted by Crippen LogP contribution is 2.30. The van der Waals surface area contributed by atoms with Crippen LogP contribution in [0.4, 0.5) is 18.3 Å². The summed E-state index contributed by atoms with van der Waals surface area (Å²) >= 11 is 2.80. The number of hydrogen-bond donors (Lipinski definition) is 1. The molecule has 2 aromatic heterocycles. The van der Waals surface area contributed by atoms with Crippen molar-refractivity contribution in [2.24, 2.45) is 0 Å². The van der Waals surface area contributed by atoms with E-state index in [0.29, 0.717) is 27.5 Å². The van der Waals surface area contributed by atoms with E-state index in [0.717, 1.165) is 11.4 Å². The van der Waals surface area contributed by atoms with E-state index in [1.165, 1.54) is 23.5 Å². The van der Waals surface area contributed by atoms with Crippen molar-refractivity contribution in [2.45, 2.75) is 18.3 Å². The van der Waals surface area contributed by atoms with Crippen LogP contribution in [0.3, 0.4) is 0 Å². The van der Waals surface area contributed by atoms with Crippen LogP contribution in [0.15, 0.2) is 42.6 Å². The predicted molar refractivity (Wildman–Crippen MR) is 105 cm³/mol. The van der Waals surface area contributed by atoms with E-state index >= 15 is 0 Å². The van der Waals surface area contributed by atoms with Gasteiger partial charge in [-0.3, -0.25) is 9.78 Å². The lowest BCUT2D eigenvalue weighted by molar-refractivity contribution is -0.153. The number of rotatable bonds is 8. The van der Waals surface area contributed by atoms with E-state index in [1.807, 2.05) is 18.2 Å². The molecule has 0 spiro atoms. The van der Waals surface area contributed by atoms with E-state index in [2.05, 4.69) is 15.3 Å². The highest BCUT2D eigenvalue weighted by Gasteiger charge is 2.28. The Balaban J connectivity index is 1.48. The number of ether oxygens (including phenoxy) is 1. The third kappa shape index (κ3) is 6.38. The van der Waals surface area contributed by atoms with Crippen molar-refractivity contribution >= 4 is 44.4 Å². The van der Waals surface area contributed by atoms with E-state index < -0.39 is 12.8 Å². The lowest BCUT2D eigenvalue weighted by atomic mass is 10.3. The van der Waals surface area contributed by atoms with Crippen LogP contribution in [0, 0.1) is 0 Å². The number of nitrogens with zero attached hydrogens (tertiary/aromatic N) is 2. The van der Waals surface area contributed by atoms with E-state index in [9.17, 15) is 18.0 Å². The van der Waals surface area contributed by atoms with Crippen molar-refractivity contribution in [1.82, 2.24) is 9.97 Å². The first kappa shape index (κ1) is 20.4. The van der Waals surface area contributed by atoms with Gasteiger partial charge in [0.2, 0.25) is 5.91 Å². The van der Waals surface area contributed by atoms with Crippen molar-refractivity contribution in [1.29, 1.82) is 0 Å². The molecule has 1 amide bonds. The van der Waals surface area contributed by atoms with Gasteiger partial charge in [-0.1, -0.05) is 17.4 Å². The van der Waals surface area contributed by atoms with Crippen LogP contribution >= 0.6 is 23.1 Å². The van der Waals surface area contributed by atoms with Gasteiger partial charge < -0.3 is 10.1 Å². The maximum absolute atomic E-state index is 12.2. The lowest BCUT2D eigenvalue weighted by Gasteiger charge is -2.08. The number of amides is 1. The number of carbonyl (C=O) groups excluding carboxylic acids is 1. The number of hydrogen-bond acceptors (Lipinski definition) is 6. The number of pyridine rings is 1. The first-order valence-corrected chi connectivity index (χ1v) is 10.2. The van der Waals surface area contributed by atoms with Gasteiger partial charge in [-0.15, -0.1) is 0 Å². The average Bonchev–Trinajstić information content (AvgIpc) is 3.05. The molecule has 0 saturated heterocycles. The Kier molecular flexibility index (Phi) is 6.74. The third-order valence-electron chi connectivity index (χ3n) is 3.46. The van der Waals surface area contributed by atoms with Crippen LogP contribution in [0.25, 0.3) is 10.2 Å². The molecular weight excluding hydrogens is 411 g/mol. The van der Waals surface area contributed by atoms with Crippen molar-refractivity contribution in [3.63, 3.8) is 0 Å². The highest BCUT2D eigenvalue weighted by molar-refractivity contribution is 7.98. The normalized spacial score (nSPS) is 11.5. The number of benzene rings is 1. The molecule has 0 bridgehead atoms. The molecule has 1 N–H and O–H groups in total. The van der Waals surface area contributed by atoms with Crippen LogP contribution in [-0.2, 0) is 10.5 Å². The number of aromatic nitrogens is 2. The summed E-state index contributed by atoms with van der Waals surface area (Å²) in [5, 5.41) is 3.13. The molecule has 3 aromatic rings. The van der Waals surface area contributed by atoms with Gasteiger partial charge in [-0.25, -0.2) is 4.98 Å². The van der Waals surface area contributed by atoms with Crippen LogP contribution in [0.1, 0.15) is 12.1 Å². The molecule has 2 heterocycles. The number of halogens is 3. The number of nitrogens with one attached hydrogen (secondary N) is 1. The van der Waals surface area contributed by atoms with Crippen LogP contribution in [0.2, 0.25) is 0 Å². The zero-order valence-electron chi connectivity index (χ0n) is 14.5. The van der Waals surface area contributed by atoms with Gasteiger partial charge in [0.15, 0.2) is 11.7 Å². The summed E-state index contributed by atoms with van der Waals surface area (Å²) in [6.07, 6.45) is -2.33. The van der Waals surface area contributed by atoms with Crippen molar-refractivity contribution < 1.29 is 22.7 Å². The molecule has 0 saturated carbocycles. The summed E-state index contributed by atoms with van der Waals surface area (Å²) in [5.41, 5.74) is 1.55. The number of fused-ring (bicyclic) bond motifs is 1. The summed E-state index contributed by atoms with van der Waals surface area (Å²) in [5.74, 6) is 1.32. The summed E-state index contributed by atoms with van der Waals surface area (Å²) in [6.45, 7) is -1.35. The second kappa shape index (κ2) is 9.24. The first-order valence-electron chi connectivity index (χ1n) is 8.27. The topological polar surface area (TPSA) is 64.1 Å². The zero-order chi connectivity index (χ0) is 20.0. The molecule has 148 valence electrons. The van der Waals surface area contributed by atoms with Gasteiger partial charge in [0.25, 0.3) is 0 Å². The SMILES string of the molecule is O=C(CCSCc1ccccn1)Nc1nc2ccc(OCC(F)(F)F)cc2s1. The van der Waals surface area contributed by atoms with Gasteiger partial charge in [0.1, 0.15) is 5.75 Å². The van der Waals surface area contributed by atoms with E-state index in [-0.39, 0.29) is 11.7 Å². The highest BCUT2D eigenvalue weighted by atomic mass is 32.2. The minimum atomic E-state index is -4.39. The Hall–Kier alpha value is -2.33. The standard InChI is InChI=1S/C18H16F3N3O2S2/c19-18(20,21)11-26-13-4-5-14-15(9-13)28-17(23-14)24-16(25)6-8-27-10-12-3-1-2-7-22-12/h1-5,7,9H,6,8,10-11H2,(H,23,24,25). The van der Waals surface area contributed by atoms with Gasteiger partial charge in [0, 0.05) is 24.1 Å². The summed E-state index contributed by atoms with van der Waals surface area (Å²) < 4.78 is 42.1. The predicted octanol–water partition coefficient (Wildman–Crippen LogP) is 4.89. The number of alkyl halides is 3. The van der Waals surface area contributed by atoms with Crippen molar-refractivity contribution in [3.05, 3.63) is 48.3 Å². The second-order valence-corrected chi connectivity index (χ2v) is 7.86. The number of thioether (sulfide) groups is 1. The van der Waals surface area contributed by atoms with Crippen molar-refractivity contribution in [3.8, 4) is 5.75 Å². The van der Waals surface area contributed by atoms with Crippen molar-refractivity contribution in [2.75, 3.05) is 17.7 Å². The average molecular weight is 427 g/mol. The summed E-state index contributed by atoms with van der Waals surface area (Å²) in [7, 11) is 0. The molecule has 1 aromatic carbocycles. The Bertz CT molecular complexity index is 933. The second-order valence-electron chi connectivity index (χ2n) is 5.72. The molecule has 10 heteroatoms. The quantitative estimate of drug-likeness (QED) is 0.519. The molecular formula is C18H16F3N3O2S2. The first-order chi connectivity index (χ1) is 13.4. The van der Waals surface area contributed by atoms with E-state index in [1.54, 1.807) is 24.0 Å². The molecule has 0 fully saturated rings. The monoisotopic (exact) mass is 427 g/mol. The minimum absolute atomic E-state index is 0.109. The van der Waals surface area contributed by atoms with E-state index in [4.69, 9.17) is 4.74 Å². The largest absolute Gasteiger partial charge is 0.484 e. The molecule has 0 unspecified atom stereocenters. The Morgan fingerprint density at radius 3 is 2.86 bits per heavy atom. The Labute approximate surface area is 167 Å². The van der Waals surface area contributed by atoms with Gasteiger partial charge >= 0.3 is 6.18 Å². The van der Waals surface area contributed by atoms with Crippen LogP contribution in [0.5, 0.6) is 5.75 Å². The number of anilines is 1. The number of thiazole rings is 1. The molecule has 0 aliphatic carbocycles. The Morgan fingerprint density at radius 2 is 2.11 bits per heavy atom. The fraction of sp³-hybridized carbons (Fsp3) is 0.278. The zero-order valence-corrected chi connectivity index (χ0v) is 16.2. The molecule has 0 radical (unpaired) electrons. The fourth-order valence-electron chi connectivity index (χ4n) is 2.22. The smallest absolute Gasteiger partial charge is 0.422 e. The molecule has 3 rings (SSSR count). The van der Waals surface area contributed by atoms with Gasteiger partial charge in [0.05, 0.1) is 15.9 Å². The maximum Gasteiger partial charge on any atom is 0.422 e. The lowest BCUT2D eigenvalue weighted by Crippen LogP contribution is -2.19. The van der Waals surface area contributed by atoms with Gasteiger partial charge in [-0.05, 0) is 30.3 Å². The molecule has 5 nitrogen and oxygen atoms in total. The number of carbonyl (C=O) groups is 1. The van der Waals surface area contributed by atoms with Crippen LogP contribution < -0.4 is 10.1 Å². The maximum atomic E-state index is 12.2. The molecule has 0 atom stereocenters.